The molecule has 0 N–H and O–H groups in total. The maximum Gasteiger partial charge on any atom is 0.255 e. The first-order chi connectivity index (χ1) is 10.8. The van der Waals surface area contributed by atoms with Gasteiger partial charge in [0.2, 0.25) is 0 Å². The quantitative estimate of drug-likeness (QED) is 0.869. The van der Waals surface area contributed by atoms with Crippen molar-refractivity contribution in [2.75, 3.05) is 20.3 Å². The van der Waals surface area contributed by atoms with E-state index in [1.165, 1.54) is 5.69 Å². The molecule has 0 saturated carbocycles. The second-order valence-corrected chi connectivity index (χ2v) is 5.73. The summed E-state index contributed by atoms with van der Waals surface area (Å²) in [6, 6.07) is 7.75. The third kappa shape index (κ3) is 3.20. The minimum atomic E-state index is 0.0465. The van der Waals surface area contributed by atoms with Crippen molar-refractivity contribution in [1.82, 2.24) is 14.5 Å². The summed E-state index contributed by atoms with van der Waals surface area (Å²) in [4.78, 5) is 18.7. The predicted octanol–water partition coefficient (Wildman–Crippen LogP) is 2.19. The summed E-state index contributed by atoms with van der Waals surface area (Å²) < 4.78 is 7.46. The second-order valence-electron chi connectivity index (χ2n) is 5.73. The monoisotopic (exact) mass is 299 g/mol. The van der Waals surface area contributed by atoms with Crippen LogP contribution in [0.25, 0.3) is 0 Å². The molecule has 2 aromatic heterocycles. The molecule has 0 bridgehead atoms. The van der Waals surface area contributed by atoms with Crippen LogP contribution in [-0.4, -0.2) is 40.6 Å². The average Bonchev–Trinajstić information content (AvgIpc) is 2.91. The minimum Gasteiger partial charge on any atom is -0.385 e. The van der Waals surface area contributed by atoms with E-state index in [9.17, 15) is 4.79 Å². The number of hydrogen-bond donors (Lipinski definition) is 0. The van der Waals surface area contributed by atoms with Crippen LogP contribution in [-0.2, 0) is 17.8 Å². The van der Waals surface area contributed by atoms with Crippen molar-refractivity contribution in [3.8, 4) is 0 Å². The molecule has 0 aromatic carbocycles. The van der Waals surface area contributed by atoms with Gasteiger partial charge in [-0.05, 0) is 36.6 Å². The van der Waals surface area contributed by atoms with Gasteiger partial charge in [0.05, 0.1) is 12.1 Å². The average molecular weight is 299 g/mol. The van der Waals surface area contributed by atoms with Gasteiger partial charge in [0.1, 0.15) is 0 Å². The van der Waals surface area contributed by atoms with E-state index in [2.05, 4.69) is 21.8 Å². The number of pyridine rings is 1. The normalized spacial score (nSPS) is 17.9. The molecule has 1 amide bonds. The smallest absolute Gasteiger partial charge is 0.255 e. The van der Waals surface area contributed by atoms with E-state index in [0.29, 0.717) is 18.0 Å². The van der Waals surface area contributed by atoms with Crippen LogP contribution in [0.3, 0.4) is 0 Å². The van der Waals surface area contributed by atoms with Crippen LogP contribution >= 0.6 is 0 Å². The SMILES string of the molecule is COCCC1CN(C(=O)c2cccnc2)Cc2cccn2C1. The first-order valence-corrected chi connectivity index (χ1v) is 7.60. The number of methoxy groups -OCH3 is 1. The van der Waals surface area contributed by atoms with E-state index in [1.807, 2.05) is 17.0 Å². The lowest BCUT2D eigenvalue weighted by atomic mass is 10.1. The van der Waals surface area contributed by atoms with Crippen molar-refractivity contribution in [2.24, 2.45) is 5.92 Å². The molecule has 3 heterocycles. The van der Waals surface area contributed by atoms with E-state index >= 15 is 0 Å². The molecule has 1 unspecified atom stereocenters. The summed E-state index contributed by atoms with van der Waals surface area (Å²) in [5.74, 6) is 0.444. The molecule has 1 atom stereocenters. The van der Waals surface area contributed by atoms with Gasteiger partial charge in [0.15, 0.2) is 0 Å². The van der Waals surface area contributed by atoms with Crippen molar-refractivity contribution in [1.29, 1.82) is 0 Å². The van der Waals surface area contributed by atoms with Gasteiger partial charge >= 0.3 is 0 Å². The molecule has 1 aliphatic rings. The van der Waals surface area contributed by atoms with E-state index in [4.69, 9.17) is 4.74 Å². The number of hydrogen-bond acceptors (Lipinski definition) is 3. The maximum atomic E-state index is 12.7. The van der Waals surface area contributed by atoms with Crippen molar-refractivity contribution in [3.63, 3.8) is 0 Å². The predicted molar refractivity (Wildman–Crippen MR) is 83.4 cm³/mol. The lowest BCUT2D eigenvalue weighted by Gasteiger charge is -2.24. The molecule has 22 heavy (non-hydrogen) atoms. The number of fused-ring (bicyclic) bond motifs is 1. The number of carbonyl (C=O) groups excluding carboxylic acids is 1. The second kappa shape index (κ2) is 6.75. The third-order valence-corrected chi connectivity index (χ3v) is 4.14. The fourth-order valence-corrected chi connectivity index (χ4v) is 2.97. The highest BCUT2D eigenvalue weighted by Crippen LogP contribution is 2.21. The van der Waals surface area contributed by atoms with Crippen LogP contribution in [0.15, 0.2) is 42.9 Å². The highest BCUT2D eigenvalue weighted by atomic mass is 16.5. The van der Waals surface area contributed by atoms with Crippen LogP contribution in [0.1, 0.15) is 22.5 Å². The number of aromatic nitrogens is 2. The van der Waals surface area contributed by atoms with Crippen LogP contribution in [0.5, 0.6) is 0 Å². The molecule has 0 fully saturated rings. The Hall–Kier alpha value is -2.14. The summed E-state index contributed by atoms with van der Waals surface area (Å²) in [6.45, 7) is 3.04. The van der Waals surface area contributed by atoms with Gasteiger partial charge in [0, 0.05) is 51.1 Å². The van der Waals surface area contributed by atoms with Gasteiger partial charge < -0.3 is 14.2 Å². The van der Waals surface area contributed by atoms with Gasteiger partial charge in [-0.3, -0.25) is 9.78 Å². The molecule has 0 saturated heterocycles. The fraction of sp³-hybridized carbons (Fsp3) is 0.412. The zero-order valence-corrected chi connectivity index (χ0v) is 12.8. The van der Waals surface area contributed by atoms with E-state index in [-0.39, 0.29) is 5.91 Å². The summed E-state index contributed by atoms with van der Waals surface area (Å²) in [7, 11) is 1.72. The molecule has 2 aromatic rings. The summed E-state index contributed by atoms with van der Waals surface area (Å²) in [6.07, 6.45) is 6.36. The largest absolute Gasteiger partial charge is 0.385 e. The van der Waals surface area contributed by atoms with Gasteiger partial charge in [0.25, 0.3) is 5.91 Å². The first-order valence-electron chi connectivity index (χ1n) is 7.60. The van der Waals surface area contributed by atoms with E-state index in [0.717, 1.165) is 26.1 Å². The summed E-state index contributed by atoms with van der Waals surface area (Å²) >= 11 is 0. The molecule has 116 valence electrons. The molecule has 5 heteroatoms. The number of carbonyl (C=O) groups is 1. The van der Waals surface area contributed by atoms with Crippen LogP contribution in [0.2, 0.25) is 0 Å². The molecule has 0 radical (unpaired) electrons. The van der Waals surface area contributed by atoms with Crippen molar-refractivity contribution in [3.05, 3.63) is 54.1 Å². The zero-order valence-electron chi connectivity index (χ0n) is 12.8. The lowest BCUT2D eigenvalue weighted by Crippen LogP contribution is -2.34. The van der Waals surface area contributed by atoms with Gasteiger partial charge in [-0.25, -0.2) is 0 Å². The Balaban J connectivity index is 1.82. The Morgan fingerprint density at radius 3 is 3.05 bits per heavy atom. The topological polar surface area (TPSA) is 47.4 Å². The number of ether oxygens (including phenoxy) is 1. The van der Waals surface area contributed by atoms with Gasteiger partial charge in [-0.2, -0.15) is 0 Å². The maximum absolute atomic E-state index is 12.7. The highest BCUT2D eigenvalue weighted by molar-refractivity contribution is 5.93. The molecule has 5 nitrogen and oxygen atoms in total. The van der Waals surface area contributed by atoms with Crippen molar-refractivity contribution < 1.29 is 9.53 Å². The molecule has 0 spiro atoms. The van der Waals surface area contributed by atoms with Crippen LogP contribution < -0.4 is 0 Å². The number of nitrogens with zero attached hydrogens (tertiary/aromatic N) is 3. The Morgan fingerprint density at radius 2 is 2.27 bits per heavy atom. The van der Waals surface area contributed by atoms with Gasteiger partial charge in [-0.1, -0.05) is 0 Å². The molecular weight excluding hydrogens is 278 g/mol. The Kier molecular flexibility index (Phi) is 4.53. The standard InChI is InChI=1S/C17H21N3O2/c1-22-9-6-14-11-19-8-3-5-16(19)13-20(12-14)17(21)15-4-2-7-18-10-15/h2-5,7-8,10,14H,6,9,11-13H2,1H3. The number of rotatable bonds is 4. The molecular formula is C17H21N3O2. The number of amides is 1. The zero-order chi connectivity index (χ0) is 15.4. The van der Waals surface area contributed by atoms with E-state index in [1.54, 1.807) is 25.6 Å². The van der Waals surface area contributed by atoms with E-state index < -0.39 is 0 Å². The fourth-order valence-electron chi connectivity index (χ4n) is 2.97. The minimum absolute atomic E-state index is 0.0465. The van der Waals surface area contributed by atoms with Crippen LogP contribution in [0, 0.1) is 5.92 Å². The Bertz CT molecular complexity index is 624. The summed E-state index contributed by atoms with van der Waals surface area (Å²) in [5.41, 5.74) is 1.82. The molecule has 3 rings (SSSR count). The third-order valence-electron chi connectivity index (χ3n) is 4.14. The highest BCUT2D eigenvalue weighted by Gasteiger charge is 2.25. The Labute approximate surface area is 130 Å². The molecule has 1 aliphatic heterocycles. The van der Waals surface area contributed by atoms with Gasteiger partial charge in [-0.15, -0.1) is 0 Å². The molecule has 0 aliphatic carbocycles. The summed E-state index contributed by atoms with van der Waals surface area (Å²) in [5, 5.41) is 0. The van der Waals surface area contributed by atoms with Crippen molar-refractivity contribution in [2.45, 2.75) is 19.5 Å². The van der Waals surface area contributed by atoms with Crippen molar-refractivity contribution >= 4 is 5.91 Å². The lowest BCUT2D eigenvalue weighted by molar-refractivity contribution is 0.0705. The van der Waals surface area contributed by atoms with Crippen LogP contribution in [0.4, 0.5) is 0 Å². The Morgan fingerprint density at radius 1 is 1.36 bits per heavy atom. The first kappa shape index (κ1) is 14.8.